The van der Waals surface area contributed by atoms with Gasteiger partial charge in [-0.3, -0.25) is 0 Å². The van der Waals surface area contributed by atoms with Gasteiger partial charge in [0.25, 0.3) is 0 Å². The molecule has 0 radical (unpaired) electrons. The molecule has 0 bridgehead atoms. The van der Waals surface area contributed by atoms with E-state index in [0.29, 0.717) is 0 Å². The number of ether oxygens (including phenoxy) is 1. The Labute approximate surface area is 144 Å². The van der Waals surface area contributed by atoms with Gasteiger partial charge in [-0.2, -0.15) is 0 Å². The summed E-state index contributed by atoms with van der Waals surface area (Å²) in [4.78, 5) is 0. The number of benzene rings is 3. The molecule has 0 spiro atoms. The zero-order chi connectivity index (χ0) is 16.8. The molecule has 1 aliphatic heterocycles. The maximum Gasteiger partial charge on any atom is 0.232 e. The van der Waals surface area contributed by atoms with Gasteiger partial charge in [-0.25, -0.2) is 0 Å². The summed E-state index contributed by atoms with van der Waals surface area (Å²) >= 11 is 0. The van der Waals surface area contributed by atoms with E-state index in [1.54, 1.807) is 0 Å². The highest BCUT2D eigenvalue weighted by Crippen LogP contribution is 2.46. The van der Waals surface area contributed by atoms with Crippen molar-refractivity contribution in [1.29, 1.82) is 0 Å². The summed E-state index contributed by atoms with van der Waals surface area (Å²) < 4.78 is 13.2. The zero-order valence-electron chi connectivity index (χ0n) is 14.4. The van der Waals surface area contributed by atoms with Crippen LogP contribution in [0.2, 0.25) is 19.6 Å². The van der Waals surface area contributed by atoms with Crippen molar-refractivity contribution in [2.24, 2.45) is 0 Å². The molecule has 4 rings (SSSR count). The van der Waals surface area contributed by atoms with E-state index in [2.05, 4.69) is 80.3 Å². The standard InChI is InChI=1S/C21H22O2Si/c1-24(2,3)23-21(18-10-5-4-6-11-18)15-17-14-13-16-9-7-8-12-19(16)20(17)22-21/h4-14H,15H2,1-3H3. The highest BCUT2D eigenvalue weighted by atomic mass is 28.4. The summed E-state index contributed by atoms with van der Waals surface area (Å²) in [6, 6.07) is 23.1. The number of fused-ring (bicyclic) bond motifs is 3. The van der Waals surface area contributed by atoms with Crippen LogP contribution in [-0.2, 0) is 16.6 Å². The van der Waals surface area contributed by atoms with E-state index >= 15 is 0 Å². The Morgan fingerprint density at radius 3 is 2.33 bits per heavy atom. The van der Waals surface area contributed by atoms with Gasteiger partial charge in [-0.1, -0.05) is 66.7 Å². The Bertz CT molecular complexity index is 883. The lowest BCUT2D eigenvalue weighted by Gasteiger charge is -2.35. The first kappa shape index (κ1) is 15.4. The van der Waals surface area contributed by atoms with Crippen LogP contribution in [0.4, 0.5) is 0 Å². The molecule has 0 fully saturated rings. The minimum Gasteiger partial charge on any atom is -0.458 e. The Morgan fingerprint density at radius 2 is 1.58 bits per heavy atom. The Morgan fingerprint density at radius 1 is 0.875 bits per heavy atom. The molecule has 0 aromatic heterocycles. The maximum atomic E-state index is 6.62. The summed E-state index contributed by atoms with van der Waals surface area (Å²) in [7, 11) is -1.81. The minimum atomic E-state index is -1.81. The normalized spacial score (nSPS) is 20.0. The quantitative estimate of drug-likeness (QED) is 0.591. The molecule has 3 aromatic rings. The van der Waals surface area contributed by atoms with Gasteiger partial charge in [-0.15, -0.1) is 0 Å². The molecular formula is C21H22O2Si. The molecule has 0 saturated carbocycles. The van der Waals surface area contributed by atoms with Crippen molar-refractivity contribution in [3.63, 3.8) is 0 Å². The van der Waals surface area contributed by atoms with Gasteiger partial charge >= 0.3 is 0 Å². The molecule has 2 nitrogen and oxygen atoms in total. The molecule has 3 aromatic carbocycles. The molecule has 1 aliphatic rings. The van der Waals surface area contributed by atoms with Crippen molar-refractivity contribution in [3.05, 3.63) is 77.9 Å². The third-order valence-electron chi connectivity index (χ3n) is 4.34. The van der Waals surface area contributed by atoms with Crippen LogP contribution in [0, 0.1) is 0 Å². The average Bonchev–Trinajstić information content (AvgIpc) is 2.93. The van der Waals surface area contributed by atoms with Gasteiger partial charge in [-0.05, 0) is 25.0 Å². The van der Waals surface area contributed by atoms with E-state index in [4.69, 9.17) is 9.16 Å². The average molecular weight is 334 g/mol. The van der Waals surface area contributed by atoms with Gasteiger partial charge in [0, 0.05) is 22.9 Å². The Hall–Kier alpha value is -2.10. The van der Waals surface area contributed by atoms with E-state index in [0.717, 1.165) is 23.1 Å². The molecule has 0 aliphatic carbocycles. The van der Waals surface area contributed by atoms with Crippen molar-refractivity contribution < 1.29 is 9.16 Å². The van der Waals surface area contributed by atoms with Crippen molar-refractivity contribution in [1.82, 2.24) is 0 Å². The van der Waals surface area contributed by atoms with Crippen LogP contribution in [0.5, 0.6) is 5.75 Å². The highest BCUT2D eigenvalue weighted by molar-refractivity contribution is 6.69. The predicted molar refractivity (Wildman–Crippen MR) is 101 cm³/mol. The maximum absolute atomic E-state index is 6.62. The monoisotopic (exact) mass is 334 g/mol. The topological polar surface area (TPSA) is 18.5 Å². The van der Waals surface area contributed by atoms with E-state index in [1.807, 2.05) is 6.07 Å². The van der Waals surface area contributed by atoms with Gasteiger partial charge in [0.05, 0.1) is 0 Å². The Kier molecular flexibility index (Phi) is 3.51. The van der Waals surface area contributed by atoms with Crippen molar-refractivity contribution in [2.75, 3.05) is 0 Å². The summed E-state index contributed by atoms with van der Waals surface area (Å²) in [6.07, 6.45) is 0.751. The fourth-order valence-electron chi connectivity index (χ4n) is 3.46. The van der Waals surface area contributed by atoms with Crippen molar-refractivity contribution >= 4 is 19.1 Å². The van der Waals surface area contributed by atoms with Crippen LogP contribution in [0.1, 0.15) is 11.1 Å². The third kappa shape index (κ3) is 2.64. The van der Waals surface area contributed by atoms with Gasteiger partial charge < -0.3 is 9.16 Å². The van der Waals surface area contributed by atoms with Crippen molar-refractivity contribution in [2.45, 2.75) is 31.8 Å². The number of hydrogen-bond donors (Lipinski definition) is 0. The van der Waals surface area contributed by atoms with Crippen LogP contribution >= 0.6 is 0 Å². The molecule has 3 heteroatoms. The van der Waals surface area contributed by atoms with Crippen molar-refractivity contribution in [3.8, 4) is 5.75 Å². The SMILES string of the molecule is C[Si](C)(C)OC1(c2ccccc2)Cc2ccc3ccccc3c2O1. The largest absolute Gasteiger partial charge is 0.458 e. The fourth-order valence-corrected chi connectivity index (χ4v) is 4.68. The van der Waals surface area contributed by atoms with E-state index < -0.39 is 14.1 Å². The lowest BCUT2D eigenvalue weighted by molar-refractivity contribution is -0.111. The molecule has 122 valence electrons. The second kappa shape index (κ2) is 5.47. The molecular weight excluding hydrogens is 312 g/mol. The van der Waals surface area contributed by atoms with E-state index in [9.17, 15) is 0 Å². The highest BCUT2D eigenvalue weighted by Gasteiger charge is 2.45. The lowest BCUT2D eigenvalue weighted by Crippen LogP contribution is -2.44. The molecule has 0 N–H and O–H groups in total. The minimum absolute atomic E-state index is 0.710. The third-order valence-corrected chi connectivity index (χ3v) is 5.28. The van der Waals surface area contributed by atoms with Crippen LogP contribution < -0.4 is 4.74 Å². The summed E-state index contributed by atoms with van der Waals surface area (Å²) in [5.74, 6) is 0.258. The van der Waals surface area contributed by atoms with Gasteiger partial charge in [0.1, 0.15) is 5.75 Å². The van der Waals surface area contributed by atoms with E-state index in [-0.39, 0.29) is 0 Å². The molecule has 1 atom stereocenters. The number of hydrogen-bond acceptors (Lipinski definition) is 2. The van der Waals surface area contributed by atoms with Crippen LogP contribution in [0.25, 0.3) is 10.8 Å². The molecule has 24 heavy (non-hydrogen) atoms. The van der Waals surface area contributed by atoms with Crippen LogP contribution in [0.3, 0.4) is 0 Å². The smallest absolute Gasteiger partial charge is 0.232 e. The number of rotatable bonds is 3. The molecule has 0 saturated heterocycles. The second-order valence-electron chi connectivity index (χ2n) is 7.39. The van der Waals surface area contributed by atoms with Crippen LogP contribution in [0.15, 0.2) is 66.7 Å². The first-order valence-electron chi connectivity index (χ1n) is 8.42. The zero-order valence-corrected chi connectivity index (χ0v) is 15.4. The summed E-state index contributed by atoms with van der Waals surface area (Å²) in [6.45, 7) is 6.63. The summed E-state index contributed by atoms with van der Waals surface area (Å²) in [5, 5.41) is 2.36. The van der Waals surface area contributed by atoms with Gasteiger partial charge in [0.2, 0.25) is 5.79 Å². The molecule has 1 unspecified atom stereocenters. The van der Waals surface area contributed by atoms with Gasteiger partial charge in [0.15, 0.2) is 8.32 Å². The molecule has 0 amide bonds. The van der Waals surface area contributed by atoms with Crippen LogP contribution in [-0.4, -0.2) is 8.32 Å². The Balaban J connectivity index is 1.86. The van der Waals surface area contributed by atoms with E-state index in [1.165, 1.54) is 10.9 Å². The predicted octanol–water partition coefficient (Wildman–Crippen LogP) is 5.48. The summed E-state index contributed by atoms with van der Waals surface area (Å²) in [5.41, 5.74) is 2.31. The second-order valence-corrected chi connectivity index (χ2v) is 11.8. The fraction of sp³-hybridized carbons (Fsp3) is 0.238. The molecule has 1 heterocycles. The first-order valence-corrected chi connectivity index (χ1v) is 11.8. The first-order chi connectivity index (χ1) is 11.5. The lowest BCUT2D eigenvalue weighted by atomic mass is 9.98.